The smallest absolute Gasteiger partial charge is 0.0847 e. The van der Waals surface area contributed by atoms with Gasteiger partial charge in [-0.1, -0.05) is 13.8 Å². The molecule has 0 bridgehead atoms. The van der Waals surface area contributed by atoms with Gasteiger partial charge in [-0.25, -0.2) is 0 Å². The lowest BCUT2D eigenvalue weighted by Gasteiger charge is -2.59. The van der Waals surface area contributed by atoms with Gasteiger partial charge in [0.2, 0.25) is 0 Å². The SMILES string of the molecule is C[C@]12CC3O[C@H]3C[C@@H]1CC[C@@H]1[C@@H]2CC[C@]2(C)[C@@H](O)[C@H](N3CCCC3)C[C@@H]12. The van der Waals surface area contributed by atoms with E-state index in [0.717, 1.165) is 23.7 Å². The number of rotatable bonds is 1. The highest BCUT2D eigenvalue weighted by atomic mass is 16.6. The van der Waals surface area contributed by atoms with E-state index in [-0.39, 0.29) is 11.5 Å². The van der Waals surface area contributed by atoms with Gasteiger partial charge in [-0.3, -0.25) is 4.90 Å². The molecule has 3 heteroatoms. The van der Waals surface area contributed by atoms with Crippen molar-refractivity contribution in [1.29, 1.82) is 0 Å². The van der Waals surface area contributed by atoms with Crippen LogP contribution in [0.3, 0.4) is 0 Å². The predicted octanol–water partition coefficient (Wildman–Crippen LogP) is 3.84. The summed E-state index contributed by atoms with van der Waals surface area (Å²) in [5, 5.41) is 11.4. The molecule has 0 radical (unpaired) electrons. The normalized spacial score (nSPS) is 61.5. The van der Waals surface area contributed by atoms with Crippen LogP contribution in [0.4, 0.5) is 0 Å². The van der Waals surface area contributed by atoms with Crippen LogP contribution in [0.2, 0.25) is 0 Å². The Kier molecular flexibility index (Phi) is 3.54. The average molecular weight is 360 g/mol. The quantitative estimate of drug-likeness (QED) is 0.723. The topological polar surface area (TPSA) is 36.0 Å². The molecule has 0 spiro atoms. The van der Waals surface area contributed by atoms with E-state index >= 15 is 0 Å². The van der Waals surface area contributed by atoms with Crippen LogP contribution < -0.4 is 0 Å². The lowest BCUT2D eigenvalue weighted by molar-refractivity contribution is -0.119. The summed E-state index contributed by atoms with van der Waals surface area (Å²) in [7, 11) is 0. The van der Waals surface area contributed by atoms with Gasteiger partial charge in [-0.05, 0) is 105 Å². The molecule has 146 valence electrons. The van der Waals surface area contributed by atoms with Crippen LogP contribution in [0.5, 0.6) is 0 Å². The van der Waals surface area contributed by atoms with E-state index in [4.69, 9.17) is 4.74 Å². The standard InChI is InChI=1S/C23H37NO2/c1-22-8-7-16-15(6-5-14-11-19-20(26-19)13-23(14,16)2)17(22)12-18(21(22)25)24-9-3-4-10-24/h14-21,25H,3-13H2,1-2H3/t14-,15+,16-,17-,18+,19-,20?,21-,22-,23-/m0/s1. The van der Waals surface area contributed by atoms with Gasteiger partial charge in [0.05, 0.1) is 18.3 Å². The summed E-state index contributed by atoms with van der Waals surface area (Å²) in [4.78, 5) is 2.64. The van der Waals surface area contributed by atoms with Gasteiger partial charge in [0.25, 0.3) is 0 Å². The number of aliphatic hydroxyl groups is 1. The molecule has 0 aromatic rings. The minimum Gasteiger partial charge on any atom is -0.391 e. The van der Waals surface area contributed by atoms with Crippen molar-refractivity contribution < 1.29 is 9.84 Å². The molecular weight excluding hydrogens is 322 g/mol. The molecule has 2 heterocycles. The Hall–Kier alpha value is -0.120. The van der Waals surface area contributed by atoms with Gasteiger partial charge in [0.15, 0.2) is 0 Å². The summed E-state index contributed by atoms with van der Waals surface area (Å²) in [6.45, 7) is 7.51. The molecule has 0 aromatic carbocycles. The third-order valence-electron chi connectivity index (χ3n) is 10.5. The van der Waals surface area contributed by atoms with Crippen LogP contribution in [0, 0.1) is 34.5 Å². The highest BCUT2D eigenvalue weighted by molar-refractivity contribution is 5.15. The van der Waals surface area contributed by atoms with E-state index in [1.807, 2.05) is 0 Å². The van der Waals surface area contributed by atoms with E-state index in [0.29, 0.717) is 23.7 Å². The first-order valence-electron chi connectivity index (χ1n) is 11.6. The maximum absolute atomic E-state index is 11.4. The summed E-state index contributed by atoms with van der Waals surface area (Å²) in [6, 6.07) is 0.444. The Labute approximate surface area is 158 Å². The summed E-state index contributed by atoms with van der Waals surface area (Å²) in [5.41, 5.74) is 0.684. The van der Waals surface area contributed by atoms with E-state index in [2.05, 4.69) is 18.7 Å². The number of hydrogen-bond donors (Lipinski definition) is 1. The highest BCUT2D eigenvalue weighted by Gasteiger charge is 2.65. The molecule has 10 atom stereocenters. The zero-order valence-electron chi connectivity index (χ0n) is 16.7. The number of aliphatic hydroxyl groups excluding tert-OH is 1. The van der Waals surface area contributed by atoms with Crippen LogP contribution in [0.15, 0.2) is 0 Å². The molecule has 6 aliphatic rings. The second-order valence-electron chi connectivity index (χ2n) is 11.3. The van der Waals surface area contributed by atoms with Crippen molar-refractivity contribution in [3.8, 4) is 0 Å². The van der Waals surface area contributed by atoms with Gasteiger partial charge in [-0.2, -0.15) is 0 Å². The molecule has 0 amide bonds. The zero-order chi connectivity index (χ0) is 17.7. The molecule has 2 saturated heterocycles. The van der Waals surface area contributed by atoms with E-state index in [1.165, 1.54) is 70.9 Å². The number of hydrogen-bond acceptors (Lipinski definition) is 3. The molecular formula is C23H37NO2. The maximum Gasteiger partial charge on any atom is 0.0847 e. The summed E-state index contributed by atoms with van der Waals surface area (Å²) < 4.78 is 5.98. The number of likely N-dealkylation sites (tertiary alicyclic amines) is 1. The van der Waals surface area contributed by atoms with E-state index in [9.17, 15) is 5.11 Å². The Balaban J connectivity index is 1.29. The fraction of sp³-hybridized carbons (Fsp3) is 1.00. The molecule has 1 unspecified atom stereocenters. The number of fused-ring (bicyclic) bond motifs is 6. The first-order chi connectivity index (χ1) is 12.5. The minimum absolute atomic E-state index is 0.0976. The predicted molar refractivity (Wildman–Crippen MR) is 102 cm³/mol. The molecule has 1 N–H and O–H groups in total. The number of epoxide rings is 1. The Morgan fingerprint density at radius 3 is 2.54 bits per heavy atom. The molecule has 4 aliphatic carbocycles. The largest absolute Gasteiger partial charge is 0.391 e. The Morgan fingerprint density at radius 1 is 0.923 bits per heavy atom. The van der Waals surface area contributed by atoms with Gasteiger partial charge in [0.1, 0.15) is 0 Å². The van der Waals surface area contributed by atoms with Crippen molar-refractivity contribution in [1.82, 2.24) is 4.90 Å². The van der Waals surface area contributed by atoms with Crippen molar-refractivity contribution >= 4 is 0 Å². The van der Waals surface area contributed by atoms with Crippen LogP contribution in [0.1, 0.15) is 71.6 Å². The second-order valence-corrected chi connectivity index (χ2v) is 11.3. The molecule has 0 aromatic heterocycles. The Bertz CT molecular complexity index is 589. The van der Waals surface area contributed by atoms with Crippen LogP contribution >= 0.6 is 0 Å². The number of ether oxygens (including phenoxy) is 1. The zero-order valence-corrected chi connectivity index (χ0v) is 16.7. The third kappa shape index (κ3) is 2.12. The van der Waals surface area contributed by atoms with Gasteiger partial charge >= 0.3 is 0 Å². The lowest BCUT2D eigenvalue weighted by Crippen LogP contribution is -2.54. The van der Waals surface area contributed by atoms with Gasteiger partial charge < -0.3 is 9.84 Å². The van der Waals surface area contributed by atoms with Gasteiger partial charge in [-0.15, -0.1) is 0 Å². The van der Waals surface area contributed by atoms with Crippen molar-refractivity contribution in [3.05, 3.63) is 0 Å². The molecule has 3 nitrogen and oxygen atoms in total. The average Bonchev–Trinajstić information content (AvgIpc) is 3.02. The molecule has 6 fully saturated rings. The Morgan fingerprint density at radius 2 is 1.73 bits per heavy atom. The van der Waals surface area contributed by atoms with Crippen molar-refractivity contribution in [2.75, 3.05) is 13.1 Å². The summed E-state index contributed by atoms with van der Waals surface area (Å²) in [6.07, 6.45) is 13.1. The third-order valence-corrected chi connectivity index (χ3v) is 10.5. The fourth-order valence-electron chi connectivity index (χ4n) is 8.93. The molecule has 4 saturated carbocycles. The fourth-order valence-corrected chi connectivity index (χ4v) is 8.93. The van der Waals surface area contributed by atoms with Crippen LogP contribution in [0.25, 0.3) is 0 Å². The number of nitrogens with zero attached hydrogens (tertiary/aromatic N) is 1. The monoisotopic (exact) mass is 359 g/mol. The first kappa shape index (κ1) is 16.8. The van der Waals surface area contributed by atoms with E-state index in [1.54, 1.807) is 0 Å². The minimum atomic E-state index is -0.0976. The second kappa shape index (κ2) is 5.48. The van der Waals surface area contributed by atoms with Crippen molar-refractivity contribution in [2.24, 2.45) is 34.5 Å². The maximum atomic E-state index is 11.4. The summed E-state index contributed by atoms with van der Waals surface area (Å²) in [5.74, 6) is 3.39. The van der Waals surface area contributed by atoms with Crippen LogP contribution in [-0.2, 0) is 4.74 Å². The van der Waals surface area contributed by atoms with Crippen LogP contribution in [-0.4, -0.2) is 47.4 Å². The lowest BCUT2D eigenvalue weighted by atomic mass is 9.45. The summed E-state index contributed by atoms with van der Waals surface area (Å²) >= 11 is 0. The molecule has 26 heavy (non-hydrogen) atoms. The van der Waals surface area contributed by atoms with E-state index < -0.39 is 0 Å². The van der Waals surface area contributed by atoms with Crippen molar-refractivity contribution in [2.45, 2.75) is 96.0 Å². The van der Waals surface area contributed by atoms with Gasteiger partial charge in [0, 0.05) is 6.04 Å². The highest BCUT2D eigenvalue weighted by Crippen LogP contribution is 2.68. The molecule has 6 rings (SSSR count). The molecule has 2 aliphatic heterocycles. The first-order valence-corrected chi connectivity index (χ1v) is 11.6. The van der Waals surface area contributed by atoms with Crippen molar-refractivity contribution in [3.63, 3.8) is 0 Å².